The molecule has 2 aromatic carbocycles. The molecule has 2 N–H and O–H groups in total. The van der Waals surface area contributed by atoms with Crippen LogP contribution >= 0.6 is 0 Å². The van der Waals surface area contributed by atoms with Gasteiger partial charge in [0.2, 0.25) is 0 Å². The minimum Gasteiger partial charge on any atom is -0.361 e. The molecule has 0 aliphatic carbocycles. The van der Waals surface area contributed by atoms with E-state index in [0.29, 0.717) is 40.4 Å². The van der Waals surface area contributed by atoms with Crippen LogP contribution in [0.4, 0.5) is 11.4 Å². The predicted molar refractivity (Wildman–Crippen MR) is 104 cm³/mol. The van der Waals surface area contributed by atoms with Crippen molar-refractivity contribution in [3.8, 4) is 0 Å². The molecule has 0 radical (unpaired) electrons. The van der Waals surface area contributed by atoms with E-state index in [9.17, 15) is 9.59 Å². The first-order valence-corrected chi connectivity index (χ1v) is 8.73. The van der Waals surface area contributed by atoms with Gasteiger partial charge in [0.05, 0.1) is 5.69 Å². The van der Waals surface area contributed by atoms with Crippen molar-refractivity contribution in [3.63, 3.8) is 0 Å². The number of carbonyl (C=O) groups is 2. The van der Waals surface area contributed by atoms with Crippen LogP contribution in [-0.4, -0.2) is 17.0 Å². The lowest BCUT2D eigenvalue weighted by atomic mass is 10.1. The lowest BCUT2D eigenvalue weighted by Crippen LogP contribution is -2.17. The lowest BCUT2D eigenvalue weighted by molar-refractivity contribution is 0.101. The van der Waals surface area contributed by atoms with Gasteiger partial charge in [-0.25, -0.2) is 0 Å². The molecule has 0 atom stereocenters. The zero-order valence-electron chi connectivity index (χ0n) is 15.5. The van der Waals surface area contributed by atoms with Crippen molar-refractivity contribution < 1.29 is 14.1 Å². The number of rotatable bonds is 5. The molecule has 0 saturated heterocycles. The van der Waals surface area contributed by atoms with Crippen LogP contribution in [0.3, 0.4) is 0 Å². The van der Waals surface area contributed by atoms with Crippen LogP contribution in [0.1, 0.15) is 44.7 Å². The molecule has 1 heterocycles. The van der Waals surface area contributed by atoms with E-state index in [4.69, 9.17) is 4.52 Å². The third-order valence-electron chi connectivity index (χ3n) is 4.36. The van der Waals surface area contributed by atoms with Gasteiger partial charge in [-0.15, -0.1) is 0 Å². The topological polar surface area (TPSA) is 84.2 Å². The maximum atomic E-state index is 12.7. The SMILES string of the molecule is CCc1noc(C)c1C(=O)Nc1cccc(NC(=O)c2ccccc2)c1C. The fourth-order valence-electron chi connectivity index (χ4n) is 2.83. The smallest absolute Gasteiger partial charge is 0.261 e. The summed E-state index contributed by atoms with van der Waals surface area (Å²) in [7, 11) is 0. The summed E-state index contributed by atoms with van der Waals surface area (Å²) in [5, 5.41) is 9.70. The van der Waals surface area contributed by atoms with E-state index < -0.39 is 0 Å². The number of amides is 2. The molecule has 1 aromatic heterocycles. The van der Waals surface area contributed by atoms with Gasteiger partial charge in [0.15, 0.2) is 0 Å². The molecule has 0 saturated carbocycles. The molecule has 2 amide bonds. The normalized spacial score (nSPS) is 10.5. The molecule has 0 aliphatic rings. The number of aromatic nitrogens is 1. The Bertz CT molecular complexity index is 978. The minimum absolute atomic E-state index is 0.203. The number of carbonyl (C=O) groups excluding carboxylic acids is 2. The number of hydrogen-bond acceptors (Lipinski definition) is 4. The first-order chi connectivity index (χ1) is 13.0. The molecule has 0 bridgehead atoms. The molecule has 3 rings (SSSR count). The standard InChI is InChI=1S/C21H21N3O3/c1-4-16-19(14(3)27-24-16)21(26)23-18-12-8-11-17(13(18)2)22-20(25)15-9-6-5-7-10-15/h5-12H,4H2,1-3H3,(H,22,25)(H,23,26). The van der Waals surface area contributed by atoms with Crippen molar-refractivity contribution in [1.82, 2.24) is 5.16 Å². The Kier molecular flexibility index (Phi) is 5.35. The van der Waals surface area contributed by atoms with E-state index in [0.717, 1.165) is 5.56 Å². The van der Waals surface area contributed by atoms with E-state index >= 15 is 0 Å². The number of nitrogens with one attached hydrogen (secondary N) is 2. The highest BCUT2D eigenvalue weighted by Gasteiger charge is 2.20. The lowest BCUT2D eigenvalue weighted by Gasteiger charge is -2.13. The fraction of sp³-hybridized carbons (Fsp3) is 0.190. The summed E-state index contributed by atoms with van der Waals surface area (Å²) in [4.78, 5) is 25.1. The van der Waals surface area contributed by atoms with E-state index in [1.165, 1.54) is 0 Å². The largest absolute Gasteiger partial charge is 0.361 e. The molecule has 138 valence electrons. The number of aryl methyl sites for hydroxylation is 2. The van der Waals surface area contributed by atoms with Gasteiger partial charge in [0.25, 0.3) is 11.8 Å². The van der Waals surface area contributed by atoms with Gasteiger partial charge in [-0.05, 0) is 50.1 Å². The van der Waals surface area contributed by atoms with Gasteiger partial charge in [-0.1, -0.05) is 36.3 Å². The van der Waals surface area contributed by atoms with Gasteiger partial charge in [-0.2, -0.15) is 0 Å². The van der Waals surface area contributed by atoms with Gasteiger partial charge in [-0.3, -0.25) is 9.59 Å². The Hall–Kier alpha value is -3.41. The molecule has 6 heteroatoms. The number of anilines is 2. The Morgan fingerprint density at radius 2 is 1.56 bits per heavy atom. The molecule has 0 aliphatic heterocycles. The van der Waals surface area contributed by atoms with E-state index in [-0.39, 0.29) is 11.8 Å². The second-order valence-corrected chi connectivity index (χ2v) is 6.17. The minimum atomic E-state index is -0.278. The summed E-state index contributed by atoms with van der Waals surface area (Å²) in [6.45, 7) is 5.47. The fourth-order valence-corrected chi connectivity index (χ4v) is 2.83. The molecule has 3 aromatic rings. The number of benzene rings is 2. The highest BCUT2D eigenvalue weighted by atomic mass is 16.5. The van der Waals surface area contributed by atoms with Crippen LogP contribution < -0.4 is 10.6 Å². The Labute approximate surface area is 157 Å². The predicted octanol–water partition coefficient (Wildman–Crippen LogP) is 4.36. The Balaban J connectivity index is 1.82. The molecule has 0 unspecified atom stereocenters. The van der Waals surface area contributed by atoms with Gasteiger partial charge < -0.3 is 15.2 Å². The third-order valence-corrected chi connectivity index (χ3v) is 4.36. The van der Waals surface area contributed by atoms with Crippen LogP contribution in [0, 0.1) is 13.8 Å². The summed E-state index contributed by atoms with van der Waals surface area (Å²) in [6, 6.07) is 14.3. The van der Waals surface area contributed by atoms with Crippen molar-refractivity contribution >= 4 is 23.2 Å². The zero-order valence-corrected chi connectivity index (χ0v) is 15.5. The van der Waals surface area contributed by atoms with Gasteiger partial charge in [0, 0.05) is 16.9 Å². The molecule has 0 fully saturated rings. The van der Waals surface area contributed by atoms with Crippen molar-refractivity contribution in [3.05, 3.63) is 76.7 Å². The summed E-state index contributed by atoms with van der Waals surface area (Å²) < 4.78 is 5.13. The van der Waals surface area contributed by atoms with Crippen LogP contribution in [0.25, 0.3) is 0 Å². The summed E-state index contributed by atoms with van der Waals surface area (Å²) >= 11 is 0. The molecular formula is C21H21N3O3. The Morgan fingerprint density at radius 1 is 0.926 bits per heavy atom. The van der Waals surface area contributed by atoms with Crippen LogP contribution in [0.2, 0.25) is 0 Å². The van der Waals surface area contributed by atoms with Crippen LogP contribution in [0.15, 0.2) is 53.1 Å². The maximum Gasteiger partial charge on any atom is 0.261 e. The molecule has 27 heavy (non-hydrogen) atoms. The number of nitrogens with zero attached hydrogens (tertiary/aromatic N) is 1. The highest BCUT2D eigenvalue weighted by Crippen LogP contribution is 2.25. The van der Waals surface area contributed by atoms with Crippen LogP contribution in [-0.2, 0) is 6.42 Å². The first kappa shape index (κ1) is 18.4. The second kappa shape index (κ2) is 7.86. The van der Waals surface area contributed by atoms with E-state index in [1.807, 2.05) is 32.0 Å². The Morgan fingerprint density at radius 3 is 2.19 bits per heavy atom. The van der Waals surface area contributed by atoms with Gasteiger partial charge >= 0.3 is 0 Å². The molecule has 0 spiro atoms. The van der Waals surface area contributed by atoms with Gasteiger partial charge in [0.1, 0.15) is 11.3 Å². The zero-order chi connectivity index (χ0) is 19.4. The average molecular weight is 363 g/mol. The quantitative estimate of drug-likeness (QED) is 0.705. The summed E-state index contributed by atoms with van der Waals surface area (Å²) in [5.74, 6) is 0.00102. The van der Waals surface area contributed by atoms with E-state index in [2.05, 4.69) is 15.8 Å². The van der Waals surface area contributed by atoms with Crippen molar-refractivity contribution in [1.29, 1.82) is 0 Å². The second-order valence-electron chi connectivity index (χ2n) is 6.17. The summed E-state index contributed by atoms with van der Waals surface area (Å²) in [6.07, 6.45) is 0.603. The highest BCUT2D eigenvalue weighted by molar-refractivity contribution is 6.08. The average Bonchev–Trinajstić information content (AvgIpc) is 3.06. The number of hydrogen-bond donors (Lipinski definition) is 2. The van der Waals surface area contributed by atoms with Crippen molar-refractivity contribution in [2.45, 2.75) is 27.2 Å². The maximum absolute atomic E-state index is 12.7. The third kappa shape index (κ3) is 3.89. The molecular weight excluding hydrogens is 342 g/mol. The van der Waals surface area contributed by atoms with Crippen LogP contribution in [0.5, 0.6) is 0 Å². The molecule has 6 nitrogen and oxygen atoms in total. The van der Waals surface area contributed by atoms with Crippen molar-refractivity contribution in [2.24, 2.45) is 0 Å². The van der Waals surface area contributed by atoms with Crippen molar-refractivity contribution in [2.75, 3.05) is 10.6 Å². The monoisotopic (exact) mass is 363 g/mol. The summed E-state index contributed by atoms with van der Waals surface area (Å²) in [5.41, 5.74) is 3.67. The first-order valence-electron chi connectivity index (χ1n) is 8.73. The van der Waals surface area contributed by atoms with E-state index in [1.54, 1.807) is 37.3 Å².